The van der Waals surface area contributed by atoms with Gasteiger partial charge < -0.3 is 9.88 Å². The van der Waals surface area contributed by atoms with Crippen LogP contribution in [0.5, 0.6) is 0 Å². The first-order chi connectivity index (χ1) is 15.4. The van der Waals surface area contributed by atoms with Crippen molar-refractivity contribution in [3.8, 4) is 22.6 Å². The largest absolute Gasteiger partial charge is 0.302 e. The van der Waals surface area contributed by atoms with E-state index in [0.717, 1.165) is 16.8 Å². The molecule has 2 heterocycles. The van der Waals surface area contributed by atoms with Crippen molar-refractivity contribution in [3.05, 3.63) is 62.9 Å². The molecule has 0 aliphatic heterocycles. The summed E-state index contributed by atoms with van der Waals surface area (Å²) in [7, 11) is 0. The maximum atomic E-state index is 12.5. The molecule has 6 nitrogen and oxygen atoms in total. The van der Waals surface area contributed by atoms with E-state index in [1.807, 2.05) is 35.1 Å². The van der Waals surface area contributed by atoms with Gasteiger partial charge in [-0.1, -0.05) is 58.7 Å². The monoisotopic (exact) mass is 523 g/mol. The Morgan fingerprint density at radius 3 is 2.56 bits per heavy atom. The maximum Gasteiger partial charge on any atom is 0.236 e. The van der Waals surface area contributed by atoms with E-state index >= 15 is 0 Å². The molecule has 32 heavy (non-hydrogen) atoms. The van der Waals surface area contributed by atoms with Gasteiger partial charge in [-0.2, -0.15) is 0 Å². The molecule has 4 aromatic rings. The van der Waals surface area contributed by atoms with Gasteiger partial charge in [0.25, 0.3) is 0 Å². The van der Waals surface area contributed by atoms with Crippen LogP contribution in [0, 0.1) is 0 Å². The zero-order chi connectivity index (χ0) is 22.7. The number of carbonyl (C=O) groups excluding carboxylic acids is 1. The number of hydrogen-bond acceptors (Lipinski definition) is 6. The minimum atomic E-state index is -0.177. The Hall–Kier alpha value is -2.10. The van der Waals surface area contributed by atoms with Crippen molar-refractivity contribution in [1.82, 2.24) is 19.7 Å². The van der Waals surface area contributed by atoms with E-state index in [4.69, 9.17) is 34.8 Å². The molecule has 2 aromatic heterocycles. The zero-order valence-electron chi connectivity index (χ0n) is 16.7. The Morgan fingerprint density at radius 2 is 1.84 bits per heavy atom. The van der Waals surface area contributed by atoms with Gasteiger partial charge in [-0.15, -0.1) is 21.5 Å². The van der Waals surface area contributed by atoms with Crippen molar-refractivity contribution >= 4 is 68.9 Å². The Bertz CT molecular complexity index is 1260. The van der Waals surface area contributed by atoms with Crippen LogP contribution in [0.25, 0.3) is 22.6 Å². The van der Waals surface area contributed by atoms with Crippen LogP contribution < -0.4 is 5.32 Å². The molecule has 0 saturated heterocycles. The van der Waals surface area contributed by atoms with Crippen molar-refractivity contribution in [1.29, 1.82) is 0 Å². The minimum absolute atomic E-state index is 0.169. The van der Waals surface area contributed by atoms with Gasteiger partial charge in [0.2, 0.25) is 5.91 Å². The molecule has 1 amide bonds. The molecule has 0 radical (unpaired) electrons. The molecule has 0 bridgehead atoms. The second-order valence-electron chi connectivity index (χ2n) is 6.56. The quantitative estimate of drug-likeness (QED) is 0.270. The molecule has 0 spiro atoms. The van der Waals surface area contributed by atoms with E-state index < -0.39 is 0 Å². The predicted molar refractivity (Wildman–Crippen MR) is 133 cm³/mol. The lowest BCUT2D eigenvalue weighted by Crippen LogP contribution is -2.14. The van der Waals surface area contributed by atoms with Crippen LogP contribution in [-0.4, -0.2) is 31.4 Å². The number of thioether (sulfide) groups is 1. The van der Waals surface area contributed by atoms with Crippen LogP contribution in [-0.2, 0) is 11.3 Å². The maximum absolute atomic E-state index is 12.5. The summed E-state index contributed by atoms with van der Waals surface area (Å²) in [5, 5.41) is 16.1. The fraction of sp³-hybridized carbons (Fsp3) is 0.143. The molecule has 164 valence electrons. The van der Waals surface area contributed by atoms with Crippen LogP contribution >= 0.6 is 57.9 Å². The van der Waals surface area contributed by atoms with Crippen molar-refractivity contribution in [2.45, 2.75) is 18.6 Å². The molecule has 0 atom stereocenters. The van der Waals surface area contributed by atoms with Gasteiger partial charge in [-0.05, 0) is 37.3 Å². The predicted octanol–water partition coefficient (Wildman–Crippen LogP) is 6.78. The van der Waals surface area contributed by atoms with E-state index in [0.29, 0.717) is 37.7 Å². The average Bonchev–Trinajstić information content (AvgIpc) is 3.39. The summed E-state index contributed by atoms with van der Waals surface area (Å²) in [4.78, 5) is 16.9. The molecule has 4 rings (SSSR count). The van der Waals surface area contributed by atoms with Gasteiger partial charge in [0, 0.05) is 33.1 Å². The van der Waals surface area contributed by atoms with Crippen molar-refractivity contribution in [3.63, 3.8) is 0 Å². The Kier molecular flexibility index (Phi) is 7.37. The number of amides is 1. The average molecular weight is 525 g/mol. The number of benzene rings is 2. The molecule has 0 aliphatic carbocycles. The summed E-state index contributed by atoms with van der Waals surface area (Å²) in [6.07, 6.45) is 0. The fourth-order valence-electron chi connectivity index (χ4n) is 2.92. The summed E-state index contributed by atoms with van der Waals surface area (Å²) in [6.45, 7) is 2.61. The molecular formula is C21H16Cl3N5OS2. The lowest BCUT2D eigenvalue weighted by atomic mass is 10.2. The van der Waals surface area contributed by atoms with Crippen molar-refractivity contribution in [2.75, 3.05) is 11.1 Å². The number of hydrogen-bond donors (Lipinski definition) is 1. The van der Waals surface area contributed by atoms with Crippen LogP contribution in [0.15, 0.2) is 53.0 Å². The SMILES string of the molecule is CCn1c(SCC(=O)Nc2nc(-c3ccc(Cl)cc3)cs2)nnc1-c1ccc(Cl)cc1Cl. The number of rotatable bonds is 7. The molecular weight excluding hydrogens is 509 g/mol. The molecule has 2 aromatic carbocycles. The third-order valence-electron chi connectivity index (χ3n) is 4.43. The standard InChI is InChI=1S/C21H16Cl3N5OS2/c1-2-29-19(15-8-7-14(23)9-16(15)24)27-28-21(29)32-11-18(30)26-20-25-17(10-31-20)12-3-5-13(22)6-4-12/h3-10H,2,11H2,1H3,(H,25,26,30). The number of nitrogens with zero attached hydrogens (tertiary/aromatic N) is 4. The van der Waals surface area contributed by atoms with Gasteiger partial charge >= 0.3 is 0 Å². The number of carbonyl (C=O) groups is 1. The van der Waals surface area contributed by atoms with Gasteiger partial charge in [0.15, 0.2) is 16.1 Å². The van der Waals surface area contributed by atoms with Gasteiger partial charge in [0.05, 0.1) is 16.5 Å². The van der Waals surface area contributed by atoms with E-state index in [-0.39, 0.29) is 11.7 Å². The first-order valence-corrected chi connectivity index (χ1v) is 12.5. The first-order valence-electron chi connectivity index (χ1n) is 9.47. The summed E-state index contributed by atoms with van der Waals surface area (Å²) in [5.41, 5.74) is 2.45. The number of anilines is 1. The van der Waals surface area contributed by atoms with E-state index in [1.165, 1.54) is 23.1 Å². The van der Waals surface area contributed by atoms with Gasteiger partial charge in [0.1, 0.15) is 0 Å². The Morgan fingerprint density at radius 1 is 1.09 bits per heavy atom. The Labute approximate surface area is 207 Å². The number of thiazole rings is 1. The van der Waals surface area contributed by atoms with E-state index in [1.54, 1.807) is 24.3 Å². The molecule has 0 fully saturated rings. The molecule has 0 aliphatic rings. The van der Waals surface area contributed by atoms with Crippen molar-refractivity contribution < 1.29 is 4.79 Å². The highest BCUT2D eigenvalue weighted by atomic mass is 35.5. The highest BCUT2D eigenvalue weighted by Crippen LogP contribution is 2.31. The summed E-state index contributed by atoms with van der Waals surface area (Å²) < 4.78 is 1.91. The summed E-state index contributed by atoms with van der Waals surface area (Å²) in [5.74, 6) is 0.621. The highest BCUT2D eigenvalue weighted by Gasteiger charge is 2.17. The van der Waals surface area contributed by atoms with Crippen LogP contribution in [0.1, 0.15) is 6.92 Å². The Balaban J connectivity index is 1.41. The topological polar surface area (TPSA) is 72.7 Å². The smallest absolute Gasteiger partial charge is 0.236 e. The normalized spacial score (nSPS) is 11.0. The first kappa shape index (κ1) is 23.1. The number of nitrogens with one attached hydrogen (secondary N) is 1. The third kappa shape index (κ3) is 5.27. The summed E-state index contributed by atoms with van der Waals surface area (Å²) >= 11 is 20.9. The summed E-state index contributed by atoms with van der Waals surface area (Å²) in [6, 6.07) is 12.6. The third-order valence-corrected chi connectivity index (χ3v) is 6.95. The van der Waals surface area contributed by atoms with Crippen molar-refractivity contribution in [2.24, 2.45) is 0 Å². The second kappa shape index (κ2) is 10.2. The lowest BCUT2D eigenvalue weighted by molar-refractivity contribution is -0.113. The van der Waals surface area contributed by atoms with Crippen LogP contribution in [0.2, 0.25) is 15.1 Å². The fourth-order valence-corrected chi connectivity index (χ4v) is 5.08. The van der Waals surface area contributed by atoms with Crippen LogP contribution in [0.4, 0.5) is 5.13 Å². The second-order valence-corrected chi connectivity index (χ2v) is 9.64. The van der Waals surface area contributed by atoms with Gasteiger partial charge in [-0.25, -0.2) is 4.98 Å². The molecule has 0 unspecified atom stereocenters. The number of aromatic nitrogens is 4. The number of halogens is 3. The van der Waals surface area contributed by atoms with E-state index in [9.17, 15) is 4.79 Å². The molecule has 1 N–H and O–H groups in total. The lowest BCUT2D eigenvalue weighted by Gasteiger charge is -2.08. The minimum Gasteiger partial charge on any atom is -0.302 e. The van der Waals surface area contributed by atoms with Crippen LogP contribution in [0.3, 0.4) is 0 Å². The van der Waals surface area contributed by atoms with Gasteiger partial charge in [-0.3, -0.25) is 4.79 Å². The highest BCUT2D eigenvalue weighted by molar-refractivity contribution is 7.99. The zero-order valence-corrected chi connectivity index (χ0v) is 20.6. The molecule has 11 heteroatoms. The van der Waals surface area contributed by atoms with E-state index in [2.05, 4.69) is 20.5 Å². The molecule has 0 saturated carbocycles.